The normalized spacial score (nSPS) is 46.5. The highest BCUT2D eigenvalue weighted by atomic mass is 16.4. The molecule has 0 heterocycles. The van der Waals surface area contributed by atoms with E-state index < -0.39 is 62.6 Å². The van der Waals surface area contributed by atoms with Crippen LogP contribution < -0.4 is 10.6 Å². The minimum Gasteiger partial charge on any atom is -0.465 e. The Hall–Kier alpha value is -2.99. The van der Waals surface area contributed by atoms with E-state index in [4.69, 9.17) is 5.11 Å². The number of carboxylic acid groups (broad SMARTS) is 1. The van der Waals surface area contributed by atoms with Crippen LogP contribution in [0.25, 0.3) is 0 Å². The number of nitrogens with one attached hydrogen (secondary N) is 2. The minimum absolute atomic E-state index is 0.109. The molecule has 0 aromatic carbocycles. The van der Waals surface area contributed by atoms with E-state index in [9.17, 15) is 29.5 Å². The Morgan fingerprint density at radius 3 is 2.40 bits per heavy atom. The Labute approximate surface area is 248 Å². The first-order chi connectivity index (χ1) is 19.4. The molecular formula is C33H45N3O6. The molecule has 0 aromatic heterocycles. The average molecular weight is 580 g/mol. The number of carbonyl (C=O) groups excluding carboxylic acids is 3. The lowest BCUT2D eigenvalue weighted by Crippen LogP contribution is -2.75. The van der Waals surface area contributed by atoms with Crippen molar-refractivity contribution in [1.82, 2.24) is 10.6 Å². The van der Waals surface area contributed by atoms with Crippen molar-refractivity contribution in [2.24, 2.45) is 44.8 Å². The summed E-state index contributed by atoms with van der Waals surface area (Å²) in [5.74, 6) is -2.02. The highest BCUT2D eigenvalue weighted by Crippen LogP contribution is 2.75. The molecular weight excluding hydrogens is 534 g/mol. The smallest absolute Gasteiger partial charge is 0.405 e. The van der Waals surface area contributed by atoms with E-state index in [0.717, 1.165) is 24.8 Å². The molecule has 4 N–H and O–H groups in total. The molecule has 5 rings (SSSR count). The molecule has 5 aliphatic carbocycles. The van der Waals surface area contributed by atoms with Crippen LogP contribution in [0.2, 0.25) is 0 Å². The van der Waals surface area contributed by atoms with E-state index in [1.165, 1.54) is 6.92 Å². The van der Waals surface area contributed by atoms with Crippen LogP contribution in [0, 0.1) is 56.2 Å². The van der Waals surface area contributed by atoms with Crippen molar-refractivity contribution >= 4 is 23.6 Å². The fourth-order valence-electron chi connectivity index (χ4n) is 9.98. The van der Waals surface area contributed by atoms with Gasteiger partial charge in [-0.2, -0.15) is 5.26 Å². The molecule has 10 unspecified atom stereocenters. The molecule has 2 amide bonds. The summed E-state index contributed by atoms with van der Waals surface area (Å²) >= 11 is 0. The van der Waals surface area contributed by atoms with Crippen molar-refractivity contribution in [3.8, 4) is 6.07 Å². The maximum atomic E-state index is 14.5. The van der Waals surface area contributed by atoms with Crippen LogP contribution >= 0.6 is 0 Å². The molecule has 0 saturated heterocycles. The summed E-state index contributed by atoms with van der Waals surface area (Å²) in [5, 5.41) is 37.8. The Kier molecular flexibility index (Phi) is 6.90. The minimum atomic E-state index is -1.79. The van der Waals surface area contributed by atoms with Crippen LogP contribution in [-0.4, -0.2) is 52.0 Å². The van der Waals surface area contributed by atoms with Crippen LogP contribution in [0.4, 0.5) is 4.79 Å². The second-order valence-corrected chi connectivity index (χ2v) is 15.2. The monoisotopic (exact) mass is 579 g/mol. The van der Waals surface area contributed by atoms with Crippen LogP contribution in [0.5, 0.6) is 0 Å². The summed E-state index contributed by atoms with van der Waals surface area (Å²) in [7, 11) is 0. The number of amides is 2. The predicted octanol–water partition coefficient (Wildman–Crippen LogP) is 4.31. The molecule has 9 heteroatoms. The maximum absolute atomic E-state index is 14.5. The van der Waals surface area contributed by atoms with Gasteiger partial charge in [0.1, 0.15) is 11.6 Å². The van der Waals surface area contributed by atoms with Crippen LogP contribution in [0.3, 0.4) is 0 Å². The summed E-state index contributed by atoms with van der Waals surface area (Å²) < 4.78 is 0. The number of allylic oxidation sites excluding steroid dienone is 3. The van der Waals surface area contributed by atoms with Gasteiger partial charge in [-0.15, -0.1) is 0 Å². The van der Waals surface area contributed by atoms with Crippen LogP contribution in [0.15, 0.2) is 23.8 Å². The first-order valence-corrected chi connectivity index (χ1v) is 15.3. The second kappa shape index (κ2) is 9.51. The van der Waals surface area contributed by atoms with Crippen molar-refractivity contribution in [3.63, 3.8) is 0 Å². The topological polar surface area (TPSA) is 157 Å². The van der Waals surface area contributed by atoms with Gasteiger partial charge in [0.15, 0.2) is 11.6 Å². The number of nitrogens with zero attached hydrogens (tertiary/aromatic N) is 1. The van der Waals surface area contributed by atoms with Gasteiger partial charge >= 0.3 is 6.09 Å². The van der Waals surface area contributed by atoms with Crippen molar-refractivity contribution in [1.29, 1.82) is 5.26 Å². The van der Waals surface area contributed by atoms with E-state index in [0.29, 0.717) is 25.7 Å². The third kappa shape index (κ3) is 3.89. The molecule has 3 fully saturated rings. The van der Waals surface area contributed by atoms with E-state index in [1.807, 2.05) is 19.9 Å². The molecule has 0 radical (unpaired) electrons. The van der Waals surface area contributed by atoms with Gasteiger partial charge in [0.2, 0.25) is 5.91 Å². The maximum Gasteiger partial charge on any atom is 0.405 e. The molecule has 42 heavy (non-hydrogen) atoms. The molecule has 5 aliphatic rings. The van der Waals surface area contributed by atoms with Crippen molar-refractivity contribution in [2.75, 3.05) is 6.54 Å². The molecule has 0 spiro atoms. The molecule has 10 atom stereocenters. The fraction of sp³-hybridized carbons (Fsp3) is 0.727. The van der Waals surface area contributed by atoms with Gasteiger partial charge in [0.05, 0.1) is 12.0 Å². The zero-order valence-corrected chi connectivity index (χ0v) is 25.7. The van der Waals surface area contributed by atoms with Gasteiger partial charge in [-0.1, -0.05) is 40.7 Å². The van der Waals surface area contributed by atoms with E-state index in [2.05, 4.69) is 37.5 Å². The number of hydrogen-bond acceptors (Lipinski definition) is 6. The average Bonchev–Trinajstić information content (AvgIpc) is 2.92. The highest BCUT2D eigenvalue weighted by molar-refractivity contribution is 6.01. The summed E-state index contributed by atoms with van der Waals surface area (Å²) in [6, 6.07) is 1.53. The lowest BCUT2D eigenvalue weighted by Gasteiger charge is -2.71. The number of nitriles is 1. The largest absolute Gasteiger partial charge is 0.465 e. The van der Waals surface area contributed by atoms with Crippen LogP contribution in [0.1, 0.15) is 86.5 Å². The zero-order chi connectivity index (χ0) is 31.1. The number of carbonyl (C=O) groups is 4. The highest BCUT2D eigenvalue weighted by Gasteiger charge is 2.76. The summed E-state index contributed by atoms with van der Waals surface area (Å²) in [6.07, 6.45) is 8.72. The third-order valence-electron chi connectivity index (χ3n) is 13.1. The van der Waals surface area contributed by atoms with Crippen molar-refractivity contribution in [3.05, 3.63) is 23.8 Å². The summed E-state index contributed by atoms with van der Waals surface area (Å²) in [4.78, 5) is 50.5. The van der Waals surface area contributed by atoms with Gasteiger partial charge in [0, 0.05) is 35.1 Å². The summed E-state index contributed by atoms with van der Waals surface area (Å²) in [5.41, 5.74) is -3.81. The SMILES string of the molecule is CC(NC(=O)O)C(=O)NCC1(C)CCC2(C)CCC3(C)C4(C)CCC5CC(=O)C=CC5(C)C4=CC(=O)C3(O)C2C1C#N. The van der Waals surface area contributed by atoms with Gasteiger partial charge in [-0.25, -0.2) is 4.79 Å². The zero-order valence-electron chi connectivity index (χ0n) is 25.7. The Balaban J connectivity index is 1.57. The summed E-state index contributed by atoms with van der Waals surface area (Å²) in [6.45, 7) is 11.9. The molecule has 3 saturated carbocycles. The number of ketones is 2. The van der Waals surface area contributed by atoms with Crippen molar-refractivity contribution in [2.45, 2.75) is 98.1 Å². The Morgan fingerprint density at radius 1 is 1.10 bits per heavy atom. The number of rotatable bonds is 4. The van der Waals surface area contributed by atoms with Gasteiger partial charge in [-0.3, -0.25) is 14.4 Å². The Morgan fingerprint density at radius 2 is 1.76 bits per heavy atom. The number of fused-ring (bicyclic) bond motifs is 7. The van der Waals surface area contributed by atoms with Crippen LogP contribution in [-0.2, 0) is 14.4 Å². The van der Waals surface area contributed by atoms with E-state index in [-0.39, 0.29) is 24.0 Å². The Bertz CT molecular complexity index is 1350. The molecule has 0 aromatic rings. The standard InChI is InChI=1S/C33H45N3O6/c1-19(36-27(40)41)26(39)35-18-29(3)12-11-28(2)13-14-32(6)31(5)10-7-20-15-21(37)8-9-30(20,4)23(31)16-24(38)33(32,42)25(28)22(29)17-34/h8-9,16,19-20,22,25,36,42H,7,10-15,18H2,1-6H3,(H,35,39)(H,40,41). The first kappa shape index (κ1) is 30.5. The third-order valence-corrected chi connectivity index (χ3v) is 13.1. The van der Waals surface area contributed by atoms with Gasteiger partial charge in [-0.05, 0) is 79.9 Å². The number of hydrogen-bond donors (Lipinski definition) is 4. The molecule has 0 bridgehead atoms. The van der Waals surface area contributed by atoms with E-state index >= 15 is 0 Å². The van der Waals surface area contributed by atoms with E-state index in [1.54, 1.807) is 12.2 Å². The molecule has 228 valence electrons. The molecule has 0 aliphatic heterocycles. The van der Waals surface area contributed by atoms with Crippen molar-refractivity contribution < 1.29 is 29.4 Å². The number of aliphatic hydroxyl groups is 1. The lowest BCUT2D eigenvalue weighted by atomic mass is 9.32. The first-order valence-electron chi connectivity index (χ1n) is 15.3. The molecule has 9 nitrogen and oxygen atoms in total. The fourth-order valence-corrected chi connectivity index (χ4v) is 9.98. The van der Waals surface area contributed by atoms with Gasteiger partial charge < -0.3 is 20.8 Å². The predicted molar refractivity (Wildman–Crippen MR) is 155 cm³/mol. The second-order valence-electron chi connectivity index (χ2n) is 15.2. The van der Waals surface area contributed by atoms with Gasteiger partial charge in [0.25, 0.3) is 0 Å². The quantitative estimate of drug-likeness (QED) is 0.386. The lowest BCUT2D eigenvalue weighted by molar-refractivity contribution is -0.251.